The molecule has 0 radical (unpaired) electrons. The smallest absolute Gasteiger partial charge is 0.310 e. The molecule has 21 heavy (non-hydrogen) atoms. The van der Waals surface area contributed by atoms with Crippen LogP contribution in [0.2, 0.25) is 0 Å². The number of hydrogen-bond acceptors (Lipinski definition) is 5. The predicted octanol–water partition coefficient (Wildman–Crippen LogP) is 2.91. The van der Waals surface area contributed by atoms with Crippen LogP contribution in [0.5, 0.6) is 0 Å². The van der Waals surface area contributed by atoms with Crippen molar-refractivity contribution in [1.29, 1.82) is 0 Å². The van der Waals surface area contributed by atoms with Gasteiger partial charge in [-0.15, -0.1) is 0 Å². The SMILES string of the molecule is CC(C)(NCc1cc(-c2ccco2)on1)C(C)(C)C(=O)O. The van der Waals surface area contributed by atoms with Gasteiger partial charge in [0.2, 0.25) is 5.76 Å². The zero-order valence-electron chi connectivity index (χ0n) is 12.6. The van der Waals surface area contributed by atoms with Gasteiger partial charge in [-0.25, -0.2) is 0 Å². The van der Waals surface area contributed by atoms with Crippen LogP contribution in [-0.4, -0.2) is 21.8 Å². The van der Waals surface area contributed by atoms with Gasteiger partial charge in [0, 0.05) is 18.2 Å². The monoisotopic (exact) mass is 292 g/mol. The molecule has 0 amide bonds. The van der Waals surface area contributed by atoms with Gasteiger partial charge in [-0.2, -0.15) is 0 Å². The van der Waals surface area contributed by atoms with Crippen LogP contribution in [-0.2, 0) is 11.3 Å². The second-order valence-electron chi connectivity index (χ2n) is 6.07. The largest absolute Gasteiger partial charge is 0.481 e. The van der Waals surface area contributed by atoms with Gasteiger partial charge in [-0.05, 0) is 39.8 Å². The van der Waals surface area contributed by atoms with Crippen LogP contribution in [0, 0.1) is 5.41 Å². The molecule has 0 spiro atoms. The zero-order valence-corrected chi connectivity index (χ0v) is 12.6. The van der Waals surface area contributed by atoms with E-state index in [4.69, 9.17) is 8.94 Å². The Morgan fingerprint density at radius 3 is 2.62 bits per heavy atom. The summed E-state index contributed by atoms with van der Waals surface area (Å²) in [6, 6.07) is 5.33. The molecule has 2 N–H and O–H groups in total. The molecule has 0 saturated heterocycles. The summed E-state index contributed by atoms with van der Waals surface area (Å²) in [5.74, 6) is 0.308. The minimum atomic E-state index is -0.916. The summed E-state index contributed by atoms with van der Waals surface area (Å²) >= 11 is 0. The van der Waals surface area contributed by atoms with Crippen molar-refractivity contribution in [3.05, 3.63) is 30.2 Å². The number of aliphatic carboxylic acids is 1. The van der Waals surface area contributed by atoms with E-state index < -0.39 is 16.9 Å². The highest BCUT2D eigenvalue weighted by Crippen LogP contribution is 2.31. The molecular formula is C15H20N2O4. The molecule has 0 aliphatic carbocycles. The molecule has 0 unspecified atom stereocenters. The lowest BCUT2D eigenvalue weighted by Gasteiger charge is -2.38. The Hall–Kier alpha value is -2.08. The molecule has 0 aliphatic rings. The Labute approximate surface area is 123 Å². The molecule has 6 heteroatoms. The van der Waals surface area contributed by atoms with Crippen molar-refractivity contribution in [3.63, 3.8) is 0 Å². The highest BCUT2D eigenvalue weighted by atomic mass is 16.5. The molecule has 0 aliphatic heterocycles. The number of nitrogens with one attached hydrogen (secondary N) is 1. The summed E-state index contributed by atoms with van der Waals surface area (Å²) in [4.78, 5) is 11.4. The third-order valence-electron chi connectivity index (χ3n) is 4.13. The maximum Gasteiger partial charge on any atom is 0.310 e. The van der Waals surface area contributed by atoms with Crippen molar-refractivity contribution >= 4 is 5.97 Å². The van der Waals surface area contributed by atoms with Gasteiger partial charge in [0.15, 0.2) is 5.76 Å². The summed E-state index contributed by atoms with van der Waals surface area (Å²) in [7, 11) is 0. The first kappa shape index (κ1) is 15.3. The Bertz CT molecular complexity index is 611. The highest BCUT2D eigenvalue weighted by Gasteiger charge is 2.43. The summed E-state index contributed by atoms with van der Waals surface area (Å²) in [6.45, 7) is 7.51. The summed E-state index contributed by atoms with van der Waals surface area (Å²) in [6.07, 6.45) is 1.56. The molecule has 0 aromatic carbocycles. The second-order valence-corrected chi connectivity index (χ2v) is 6.07. The molecule has 6 nitrogen and oxygen atoms in total. The molecule has 0 fully saturated rings. The zero-order chi connectivity index (χ0) is 15.7. The van der Waals surface area contributed by atoms with Gasteiger partial charge in [-0.1, -0.05) is 5.16 Å². The van der Waals surface area contributed by atoms with Crippen LogP contribution in [0.1, 0.15) is 33.4 Å². The standard InChI is InChI=1S/C15H20N2O4/c1-14(2,13(18)19)15(3,4)16-9-10-8-12(21-17-10)11-6-5-7-20-11/h5-8,16H,9H2,1-4H3,(H,18,19). The van der Waals surface area contributed by atoms with Crippen molar-refractivity contribution in [2.45, 2.75) is 39.8 Å². The van der Waals surface area contributed by atoms with Gasteiger partial charge in [0.05, 0.1) is 17.4 Å². The Morgan fingerprint density at radius 1 is 1.33 bits per heavy atom. The molecule has 0 bridgehead atoms. The van der Waals surface area contributed by atoms with Gasteiger partial charge in [0.1, 0.15) is 0 Å². The van der Waals surface area contributed by atoms with Crippen LogP contribution in [0.3, 0.4) is 0 Å². The Kier molecular flexibility index (Phi) is 3.91. The van der Waals surface area contributed by atoms with E-state index in [1.807, 2.05) is 13.8 Å². The number of aromatic nitrogens is 1. The van der Waals surface area contributed by atoms with E-state index >= 15 is 0 Å². The average molecular weight is 292 g/mol. The van der Waals surface area contributed by atoms with Crippen LogP contribution in [0.15, 0.2) is 33.4 Å². The van der Waals surface area contributed by atoms with Crippen molar-refractivity contribution in [3.8, 4) is 11.5 Å². The maximum absolute atomic E-state index is 11.4. The van der Waals surface area contributed by atoms with Crippen LogP contribution in [0.4, 0.5) is 0 Å². The lowest BCUT2D eigenvalue weighted by Crippen LogP contribution is -2.54. The first-order valence-corrected chi connectivity index (χ1v) is 6.72. The highest BCUT2D eigenvalue weighted by molar-refractivity contribution is 5.75. The molecule has 0 atom stereocenters. The fraction of sp³-hybridized carbons (Fsp3) is 0.467. The number of furan rings is 1. The molecular weight excluding hydrogens is 272 g/mol. The summed E-state index contributed by atoms with van der Waals surface area (Å²) < 4.78 is 10.4. The fourth-order valence-corrected chi connectivity index (χ4v) is 1.73. The van der Waals surface area contributed by atoms with E-state index in [1.165, 1.54) is 0 Å². The van der Waals surface area contributed by atoms with Crippen molar-refractivity contribution < 1.29 is 18.8 Å². The minimum Gasteiger partial charge on any atom is -0.481 e. The molecule has 114 valence electrons. The first-order chi connectivity index (χ1) is 9.74. The van der Waals surface area contributed by atoms with Crippen LogP contribution >= 0.6 is 0 Å². The summed E-state index contributed by atoms with van der Waals surface area (Å²) in [5.41, 5.74) is -0.834. The first-order valence-electron chi connectivity index (χ1n) is 6.72. The number of nitrogens with zero attached hydrogens (tertiary/aromatic N) is 1. The quantitative estimate of drug-likeness (QED) is 0.851. The van der Waals surface area contributed by atoms with Crippen LogP contribution in [0.25, 0.3) is 11.5 Å². The van der Waals surface area contributed by atoms with Gasteiger partial charge < -0.3 is 19.4 Å². The fourth-order valence-electron chi connectivity index (χ4n) is 1.73. The van der Waals surface area contributed by atoms with Gasteiger partial charge in [-0.3, -0.25) is 4.79 Å². The number of carboxylic acid groups (broad SMARTS) is 1. The van der Waals surface area contributed by atoms with E-state index in [-0.39, 0.29) is 0 Å². The predicted molar refractivity (Wildman–Crippen MR) is 76.5 cm³/mol. The Morgan fingerprint density at radius 2 is 2.05 bits per heavy atom. The lowest BCUT2D eigenvalue weighted by atomic mass is 9.74. The van der Waals surface area contributed by atoms with Crippen LogP contribution < -0.4 is 5.32 Å². The maximum atomic E-state index is 11.4. The third-order valence-corrected chi connectivity index (χ3v) is 4.13. The second kappa shape index (κ2) is 5.37. The van der Waals surface area contributed by atoms with E-state index in [0.29, 0.717) is 23.8 Å². The number of hydrogen-bond donors (Lipinski definition) is 2. The van der Waals surface area contributed by atoms with Crippen molar-refractivity contribution in [2.75, 3.05) is 0 Å². The van der Waals surface area contributed by atoms with Gasteiger partial charge in [0.25, 0.3) is 0 Å². The summed E-state index contributed by atoms with van der Waals surface area (Å²) in [5, 5.41) is 16.5. The average Bonchev–Trinajstić information content (AvgIpc) is 3.07. The molecule has 2 rings (SSSR count). The molecule has 2 heterocycles. The van der Waals surface area contributed by atoms with E-state index in [9.17, 15) is 9.90 Å². The minimum absolute atomic E-state index is 0.411. The number of carbonyl (C=O) groups is 1. The molecule has 0 saturated carbocycles. The third kappa shape index (κ3) is 3.00. The normalized spacial score (nSPS) is 12.6. The topological polar surface area (TPSA) is 88.5 Å². The molecule has 2 aromatic rings. The number of carboxylic acids is 1. The van der Waals surface area contributed by atoms with E-state index in [0.717, 1.165) is 0 Å². The number of rotatable bonds is 6. The van der Waals surface area contributed by atoms with Gasteiger partial charge >= 0.3 is 5.97 Å². The Balaban J connectivity index is 2.05. The van der Waals surface area contributed by atoms with E-state index in [2.05, 4.69) is 10.5 Å². The van der Waals surface area contributed by atoms with Crippen molar-refractivity contribution in [2.24, 2.45) is 5.41 Å². The van der Waals surface area contributed by atoms with Crippen molar-refractivity contribution in [1.82, 2.24) is 10.5 Å². The lowest BCUT2D eigenvalue weighted by molar-refractivity contribution is -0.151. The molecule has 2 aromatic heterocycles. The van der Waals surface area contributed by atoms with E-state index in [1.54, 1.807) is 38.3 Å².